The van der Waals surface area contributed by atoms with Crippen LogP contribution in [0.4, 0.5) is 4.39 Å². The Hall–Kier alpha value is -2.95. The monoisotopic (exact) mass is 310 g/mol. The molecule has 5 heteroatoms. The van der Waals surface area contributed by atoms with Crippen LogP contribution in [0.25, 0.3) is 11.0 Å². The largest absolute Gasteiger partial charge is 0.451 e. The van der Waals surface area contributed by atoms with Crippen LogP contribution in [0.15, 0.2) is 58.0 Å². The van der Waals surface area contributed by atoms with Gasteiger partial charge >= 0.3 is 5.91 Å². The van der Waals surface area contributed by atoms with Crippen LogP contribution < -0.4 is 5.43 Å². The number of aryl methyl sites for hydroxylation is 1. The summed E-state index contributed by atoms with van der Waals surface area (Å²) in [5.41, 5.74) is 4.53. The molecule has 0 atom stereocenters. The van der Waals surface area contributed by atoms with E-state index in [1.807, 2.05) is 25.1 Å². The van der Waals surface area contributed by atoms with E-state index in [9.17, 15) is 9.18 Å². The summed E-state index contributed by atoms with van der Waals surface area (Å²) in [5.74, 6) is -0.645. The first kappa shape index (κ1) is 15.0. The summed E-state index contributed by atoms with van der Waals surface area (Å²) in [6.45, 7) is 3.44. The molecule has 3 aromatic rings. The van der Waals surface area contributed by atoms with Crippen molar-refractivity contribution in [1.29, 1.82) is 0 Å². The first-order chi connectivity index (χ1) is 11.1. The number of rotatable bonds is 3. The second-order valence-corrected chi connectivity index (χ2v) is 5.17. The molecule has 2 aromatic carbocycles. The molecule has 0 aliphatic heterocycles. The van der Waals surface area contributed by atoms with Gasteiger partial charge in [-0.3, -0.25) is 4.79 Å². The number of nitrogens with one attached hydrogen (secondary N) is 1. The fourth-order valence-electron chi connectivity index (χ4n) is 2.39. The molecule has 0 fully saturated rings. The summed E-state index contributed by atoms with van der Waals surface area (Å²) >= 11 is 0. The van der Waals surface area contributed by atoms with Crippen LogP contribution in [0.5, 0.6) is 0 Å². The highest BCUT2D eigenvalue weighted by atomic mass is 19.1. The molecule has 0 radical (unpaired) electrons. The van der Waals surface area contributed by atoms with E-state index in [-0.39, 0.29) is 11.6 Å². The number of hydrazone groups is 1. The Morgan fingerprint density at radius 2 is 1.83 bits per heavy atom. The van der Waals surface area contributed by atoms with Gasteiger partial charge in [0.15, 0.2) is 5.76 Å². The van der Waals surface area contributed by atoms with Gasteiger partial charge in [-0.15, -0.1) is 0 Å². The van der Waals surface area contributed by atoms with Gasteiger partial charge in [-0.25, -0.2) is 9.82 Å². The van der Waals surface area contributed by atoms with Crippen LogP contribution in [0.2, 0.25) is 0 Å². The Balaban J connectivity index is 1.85. The number of nitrogens with zero attached hydrogens (tertiary/aromatic N) is 1. The van der Waals surface area contributed by atoms with Crippen LogP contribution in [-0.4, -0.2) is 11.6 Å². The zero-order valence-electron chi connectivity index (χ0n) is 12.8. The zero-order valence-corrected chi connectivity index (χ0v) is 12.8. The zero-order chi connectivity index (χ0) is 16.4. The van der Waals surface area contributed by atoms with Crippen molar-refractivity contribution in [2.24, 2.45) is 5.10 Å². The number of para-hydroxylation sites is 1. The minimum absolute atomic E-state index is 0.205. The number of hydrogen-bond acceptors (Lipinski definition) is 3. The van der Waals surface area contributed by atoms with Crippen molar-refractivity contribution in [3.05, 3.63) is 71.2 Å². The molecule has 0 aliphatic carbocycles. The van der Waals surface area contributed by atoms with Crippen molar-refractivity contribution < 1.29 is 13.6 Å². The van der Waals surface area contributed by atoms with Gasteiger partial charge in [-0.05, 0) is 26.0 Å². The van der Waals surface area contributed by atoms with Crippen molar-refractivity contribution in [3.63, 3.8) is 0 Å². The van der Waals surface area contributed by atoms with Crippen molar-refractivity contribution in [2.75, 3.05) is 0 Å². The maximum atomic E-state index is 13.7. The van der Waals surface area contributed by atoms with E-state index in [4.69, 9.17) is 4.42 Å². The number of halogens is 1. The van der Waals surface area contributed by atoms with Gasteiger partial charge < -0.3 is 4.42 Å². The van der Waals surface area contributed by atoms with Crippen molar-refractivity contribution >= 4 is 22.6 Å². The third-order valence-corrected chi connectivity index (χ3v) is 3.64. The van der Waals surface area contributed by atoms with Gasteiger partial charge in [-0.1, -0.05) is 36.4 Å². The molecule has 0 saturated heterocycles. The van der Waals surface area contributed by atoms with Crippen LogP contribution in [0, 0.1) is 12.7 Å². The fourth-order valence-corrected chi connectivity index (χ4v) is 2.39. The summed E-state index contributed by atoms with van der Waals surface area (Å²) in [5, 5.41) is 4.84. The van der Waals surface area contributed by atoms with Crippen molar-refractivity contribution in [3.8, 4) is 0 Å². The lowest BCUT2D eigenvalue weighted by molar-refractivity contribution is 0.0928. The topological polar surface area (TPSA) is 54.6 Å². The molecule has 0 unspecified atom stereocenters. The van der Waals surface area contributed by atoms with Gasteiger partial charge in [0.05, 0.1) is 5.71 Å². The number of carbonyl (C=O) groups excluding carboxylic acids is 1. The molecule has 1 N–H and O–H groups in total. The smallest absolute Gasteiger partial charge is 0.307 e. The van der Waals surface area contributed by atoms with E-state index < -0.39 is 5.91 Å². The second-order valence-electron chi connectivity index (χ2n) is 5.17. The van der Waals surface area contributed by atoms with Crippen molar-refractivity contribution in [1.82, 2.24) is 5.43 Å². The van der Waals surface area contributed by atoms with E-state index in [1.165, 1.54) is 6.07 Å². The number of fused-ring (bicyclic) bond motifs is 1. The molecular weight excluding hydrogens is 295 g/mol. The van der Waals surface area contributed by atoms with Gasteiger partial charge in [0.2, 0.25) is 0 Å². The third kappa shape index (κ3) is 2.85. The standard InChI is InChI=1S/C18H15FN2O2/c1-11-13-7-4-6-10-16(13)23-17(11)18(22)21-20-12(2)14-8-3-5-9-15(14)19/h3-10H,1-2H3,(H,21,22)/b20-12-. The van der Waals surface area contributed by atoms with Gasteiger partial charge in [0, 0.05) is 16.5 Å². The molecule has 116 valence electrons. The lowest BCUT2D eigenvalue weighted by atomic mass is 10.1. The summed E-state index contributed by atoms with van der Waals surface area (Å²) in [6, 6.07) is 13.7. The van der Waals surface area contributed by atoms with E-state index >= 15 is 0 Å². The van der Waals surface area contributed by atoms with Crippen LogP contribution in [-0.2, 0) is 0 Å². The highest BCUT2D eigenvalue weighted by molar-refractivity contribution is 6.02. The average molecular weight is 310 g/mol. The lowest BCUT2D eigenvalue weighted by Crippen LogP contribution is -2.19. The second kappa shape index (κ2) is 6.04. The van der Waals surface area contributed by atoms with Crippen LogP contribution >= 0.6 is 0 Å². The number of carbonyl (C=O) groups is 1. The lowest BCUT2D eigenvalue weighted by Gasteiger charge is -2.03. The molecular formula is C18H15FN2O2. The molecule has 23 heavy (non-hydrogen) atoms. The maximum Gasteiger partial charge on any atom is 0.307 e. The Kier molecular flexibility index (Phi) is 3.93. The molecule has 0 bridgehead atoms. The molecule has 4 nitrogen and oxygen atoms in total. The van der Waals surface area contributed by atoms with E-state index in [2.05, 4.69) is 10.5 Å². The van der Waals surface area contributed by atoms with E-state index in [0.717, 1.165) is 10.9 Å². The Bertz CT molecular complexity index is 912. The SMILES string of the molecule is C/C(=N/NC(=O)c1oc2ccccc2c1C)c1ccccc1F. The molecule has 0 spiro atoms. The number of furan rings is 1. The normalized spacial score (nSPS) is 11.7. The van der Waals surface area contributed by atoms with Gasteiger partial charge in [0.25, 0.3) is 0 Å². The number of amides is 1. The fraction of sp³-hybridized carbons (Fsp3) is 0.111. The minimum Gasteiger partial charge on any atom is -0.451 e. The Morgan fingerprint density at radius 3 is 2.57 bits per heavy atom. The first-order valence-electron chi connectivity index (χ1n) is 7.15. The Morgan fingerprint density at radius 1 is 1.13 bits per heavy atom. The predicted molar refractivity (Wildman–Crippen MR) is 87.0 cm³/mol. The summed E-state index contributed by atoms with van der Waals surface area (Å²) < 4.78 is 19.2. The highest BCUT2D eigenvalue weighted by Gasteiger charge is 2.17. The summed E-state index contributed by atoms with van der Waals surface area (Å²) in [6.07, 6.45) is 0. The Labute approximate surface area is 132 Å². The molecule has 1 amide bonds. The molecule has 0 aliphatic rings. The first-order valence-corrected chi connectivity index (χ1v) is 7.15. The molecule has 3 rings (SSSR count). The molecule has 0 saturated carbocycles. The van der Waals surface area contributed by atoms with E-state index in [0.29, 0.717) is 16.9 Å². The predicted octanol–water partition coefficient (Wildman–Crippen LogP) is 4.03. The van der Waals surface area contributed by atoms with E-state index in [1.54, 1.807) is 31.2 Å². The quantitative estimate of drug-likeness (QED) is 0.586. The summed E-state index contributed by atoms with van der Waals surface area (Å²) in [4.78, 5) is 12.3. The van der Waals surface area contributed by atoms with Crippen LogP contribution in [0.1, 0.15) is 28.6 Å². The maximum absolute atomic E-state index is 13.7. The number of hydrogen-bond donors (Lipinski definition) is 1. The van der Waals surface area contributed by atoms with Gasteiger partial charge in [0.1, 0.15) is 11.4 Å². The molecule has 1 aromatic heterocycles. The third-order valence-electron chi connectivity index (χ3n) is 3.64. The number of benzene rings is 2. The highest BCUT2D eigenvalue weighted by Crippen LogP contribution is 2.24. The van der Waals surface area contributed by atoms with Gasteiger partial charge in [-0.2, -0.15) is 5.10 Å². The van der Waals surface area contributed by atoms with Crippen LogP contribution in [0.3, 0.4) is 0 Å². The molecule has 1 heterocycles. The average Bonchev–Trinajstić information content (AvgIpc) is 2.90. The van der Waals surface area contributed by atoms with Crippen molar-refractivity contribution in [2.45, 2.75) is 13.8 Å². The minimum atomic E-state index is -0.464. The summed E-state index contributed by atoms with van der Waals surface area (Å²) in [7, 11) is 0.